The van der Waals surface area contributed by atoms with Crippen molar-refractivity contribution in [2.24, 2.45) is 5.73 Å². The minimum Gasteiger partial charge on any atom is -0.382 e. The lowest BCUT2D eigenvalue weighted by atomic mass is 10.3. The Morgan fingerprint density at radius 1 is 1.65 bits per heavy atom. The lowest BCUT2D eigenvalue weighted by molar-refractivity contribution is -0.125. The Morgan fingerprint density at radius 2 is 2.29 bits per heavy atom. The van der Waals surface area contributed by atoms with Crippen LogP contribution < -0.4 is 10.5 Å². The van der Waals surface area contributed by atoms with Crippen LogP contribution in [0.2, 0.25) is 5.15 Å². The van der Waals surface area contributed by atoms with E-state index in [1.165, 1.54) is 18.3 Å². The number of halogens is 1. The van der Waals surface area contributed by atoms with Gasteiger partial charge in [0, 0.05) is 12.7 Å². The number of nitrogens with two attached hydrogens (primary N) is 1. The first kappa shape index (κ1) is 13.8. The molecule has 1 unspecified atom stereocenters. The van der Waals surface area contributed by atoms with Gasteiger partial charge in [-0.2, -0.15) is 0 Å². The van der Waals surface area contributed by atoms with Gasteiger partial charge in [-0.1, -0.05) is 11.6 Å². The number of hydrogen-bond acceptors (Lipinski definition) is 5. The van der Waals surface area contributed by atoms with Crippen LogP contribution in [0.5, 0.6) is 0 Å². The van der Waals surface area contributed by atoms with Crippen LogP contribution in [-0.2, 0) is 14.8 Å². The molecule has 0 aliphatic carbocycles. The molecule has 0 fully saturated rings. The van der Waals surface area contributed by atoms with E-state index in [0.717, 1.165) is 0 Å². The second-order valence-electron chi connectivity index (χ2n) is 3.06. The summed E-state index contributed by atoms with van der Waals surface area (Å²) in [6.07, 6.45) is -0.264. The summed E-state index contributed by atoms with van der Waals surface area (Å²) in [5.74, 6) is -1.02. The van der Waals surface area contributed by atoms with E-state index in [-0.39, 0.29) is 10.0 Å². The van der Waals surface area contributed by atoms with Crippen LogP contribution in [-0.4, -0.2) is 37.1 Å². The van der Waals surface area contributed by atoms with Gasteiger partial charge in [-0.3, -0.25) is 4.79 Å². The Kier molecular flexibility index (Phi) is 4.40. The number of aliphatic hydroxyl groups excluding tert-OH is 1. The molecule has 17 heavy (non-hydrogen) atoms. The molecule has 1 aromatic heterocycles. The zero-order valence-corrected chi connectivity index (χ0v) is 10.1. The van der Waals surface area contributed by atoms with E-state index >= 15 is 0 Å². The van der Waals surface area contributed by atoms with Gasteiger partial charge in [0.05, 0.1) is 0 Å². The van der Waals surface area contributed by atoms with Gasteiger partial charge in [0.25, 0.3) is 0 Å². The maximum atomic E-state index is 11.7. The van der Waals surface area contributed by atoms with Gasteiger partial charge < -0.3 is 10.8 Å². The van der Waals surface area contributed by atoms with Gasteiger partial charge in [-0.15, -0.1) is 0 Å². The molecule has 1 aromatic rings. The molecule has 0 aliphatic rings. The van der Waals surface area contributed by atoms with Gasteiger partial charge in [0.1, 0.15) is 16.2 Å². The Bertz CT molecular complexity index is 519. The first-order valence-electron chi connectivity index (χ1n) is 4.42. The maximum absolute atomic E-state index is 11.7. The number of aliphatic hydroxyl groups is 1. The summed E-state index contributed by atoms with van der Waals surface area (Å²) in [5.41, 5.74) is 4.77. The van der Waals surface area contributed by atoms with Crippen molar-refractivity contribution >= 4 is 27.5 Å². The molecule has 4 N–H and O–H groups in total. The topological polar surface area (TPSA) is 122 Å². The smallest absolute Gasteiger partial charge is 0.247 e. The molecule has 0 saturated heterocycles. The standard InChI is InChI=1S/C8H10ClN3O4S/c9-7-6(2-1-3-11-7)17(15,16)12-4-5(13)8(10)14/h1-3,5,12-13H,4H2,(H2,10,14). The molecule has 1 heterocycles. The van der Waals surface area contributed by atoms with Crippen molar-refractivity contribution in [3.05, 3.63) is 23.5 Å². The minimum absolute atomic E-state index is 0.200. The molecule has 0 radical (unpaired) electrons. The van der Waals surface area contributed by atoms with Crippen molar-refractivity contribution in [3.63, 3.8) is 0 Å². The van der Waals surface area contributed by atoms with Gasteiger partial charge in [-0.25, -0.2) is 18.1 Å². The van der Waals surface area contributed by atoms with Crippen LogP contribution in [0.4, 0.5) is 0 Å². The molecule has 9 heteroatoms. The molecule has 0 aromatic carbocycles. The summed E-state index contributed by atoms with van der Waals surface area (Å²) in [5, 5.41) is 8.86. The van der Waals surface area contributed by atoms with Crippen LogP contribution >= 0.6 is 11.6 Å². The number of nitrogens with zero attached hydrogens (tertiary/aromatic N) is 1. The van der Waals surface area contributed by atoms with Crippen molar-refractivity contribution in [1.29, 1.82) is 0 Å². The van der Waals surface area contributed by atoms with Crippen LogP contribution in [0, 0.1) is 0 Å². The molecule has 0 bridgehead atoms. The normalized spacial score (nSPS) is 13.3. The Balaban J connectivity index is 2.84. The highest BCUT2D eigenvalue weighted by atomic mass is 35.5. The molecular weight excluding hydrogens is 270 g/mol. The molecule has 7 nitrogen and oxygen atoms in total. The highest BCUT2D eigenvalue weighted by Gasteiger charge is 2.20. The Hall–Kier alpha value is -1.22. The van der Waals surface area contributed by atoms with Crippen LogP contribution in [0.3, 0.4) is 0 Å². The molecular formula is C8H10ClN3O4S. The van der Waals surface area contributed by atoms with E-state index in [0.29, 0.717) is 0 Å². The number of sulfonamides is 1. The van der Waals surface area contributed by atoms with Gasteiger partial charge >= 0.3 is 0 Å². The second-order valence-corrected chi connectivity index (χ2v) is 5.16. The van der Waals surface area contributed by atoms with E-state index < -0.39 is 28.6 Å². The first-order valence-corrected chi connectivity index (χ1v) is 6.28. The molecule has 1 atom stereocenters. The predicted molar refractivity (Wildman–Crippen MR) is 59.6 cm³/mol. The van der Waals surface area contributed by atoms with E-state index in [4.69, 9.17) is 22.4 Å². The van der Waals surface area contributed by atoms with Crippen LogP contribution in [0.25, 0.3) is 0 Å². The van der Waals surface area contributed by atoms with Gasteiger partial charge in [-0.05, 0) is 12.1 Å². The van der Waals surface area contributed by atoms with Crippen molar-refractivity contribution in [3.8, 4) is 0 Å². The van der Waals surface area contributed by atoms with Crippen molar-refractivity contribution in [2.75, 3.05) is 6.54 Å². The number of aromatic nitrogens is 1. The maximum Gasteiger partial charge on any atom is 0.247 e. The monoisotopic (exact) mass is 279 g/mol. The average molecular weight is 280 g/mol. The van der Waals surface area contributed by atoms with E-state index in [2.05, 4.69) is 4.98 Å². The zero-order valence-electron chi connectivity index (χ0n) is 8.50. The Morgan fingerprint density at radius 3 is 2.82 bits per heavy atom. The molecule has 94 valence electrons. The van der Waals surface area contributed by atoms with E-state index in [1.54, 1.807) is 0 Å². The lowest BCUT2D eigenvalue weighted by Gasteiger charge is -2.09. The number of carbonyl (C=O) groups excluding carboxylic acids is 1. The third-order valence-electron chi connectivity index (χ3n) is 1.81. The van der Waals surface area contributed by atoms with E-state index in [1.807, 2.05) is 4.72 Å². The summed E-state index contributed by atoms with van der Waals surface area (Å²) in [7, 11) is -3.93. The fourth-order valence-corrected chi connectivity index (χ4v) is 2.43. The van der Waals surface area contributed by atoms with Crippen molar-refractivity contribution in [1.82, 2.24) is 9.71 Å². The van der Waals surface area contributed by atoms with Gasteiger partial charge in [0.15, 0.2) is 0 Å². The number of rotatable bonds is 5. The fraction of sp³-hybridized carbons (Fsp3) is 0.250. The summed E-state index contributed by atoms with van der Waals surface area (Å²) in [6, 6.07) is 2.64. The predicted octanol–water partition coefficient (Wildman–Crippen LogP) is -1.14. The SMILES string of the molecule is NC(=O)C(O)CNS(=O)(=O)c1cccnc1Cl. The fourth-order valence-electron chi connectivity index (χ4n) is 0.939. The Labute approximate surface area is 103 Å². The van der Waals surface area contributed by atoms with Gasteiger partial charge in [0.2, 0.25) is 15.9 Å². The number of hydrogen-bond donors (Lipinski definition) is 3. The molecule has 0 spiro atoms. The summed E-state index contributed by atoms with van der Waals surface area (Å²) in [4.78, 5) is 13.9. The largest absolute Gasteiger partial charge is 0.382 e. The second kappa shape index (κ2) is 5.41. The van der Waals surface area contributed by atoms with Crippen LogP contribution in [0.15, 0.2) is 23.2 Å². The zero-order chi connectivity index (χ0) is 13.1. The highest BCUT2D eigenvalue weighted by Crippen LogP contribution is 2.17. The summed E-state index contributed by atoms with van der Waals surface area (Å²) >= 11 is 5.60. The number of amides is 1. The highest BCUT2D eigenvalue weighted by molar-refractivity contribution is 7.89. The number of primary amides is 1. The van der Waals surface area contributed by atoms with Crippen molar-refractivity contribution < 1.29 is 18.3 Å². The molecule has 1 rings (SSSR count). The molecule has 1 amide bonds. The number of pyridine rings is 1. The minimum atomic E-state index is -3.93. The van der Waals surface area contributed by atoms with Crippen LogP contribution in [0.1, 0.15) is 0 Å². The van der Waals surface area contributed by atoms with Crippen molar-refractivity contribution in [2.45, 2.75) is 11.0 Å². The molecule has 0 saturated carbocycles. The third-order valence-corrected chi connectivity index (χ3v) is 3.68. The average Bonchev–Trinajstić information content (AvgIpc) is 2.26. The summed E-state index contributed by atoms with van der Waals surface area (Å²) < 4.78 is 25.4. The number of carbonyl (C=O) groups is 1. The molecule has 0 aliphatic heterocycles. The lowest BCUT2D eigenvalue weighted by Crippen LogP contribution is -2.40. The quantitative estimate of drug-likeness (QED) is 0.588. The summed E-state index contributed by atoms with van der Waals surface area (Å²) in [6.45, 7) is -0.525. The first-order chi connectivity index (χ1) is 7.84. The number of nitrogens with one attached hydrogen (secondary N) is 1. The third kappa shape index (κ3) is 3.63. The van der Waals surface area contributed by atoms with E-state index in [9.17, 15) is 13.2 Å².